The predicted octanol–water partition coefficient (Wildman–Crippen LogP) is 0.360. The Balaban J connectivity index is 4.00. The third kappa shape index (κ3) is 5.41. The first-order valence-corrected chi connectivity index (χ1v) is 4.96. The fourth-order valence-electron chi connectivity index (χ4n) is 0.763. The zero-order valence-electron chi connectivity index (χ0n) is 7.70. The van der Waals surface area contributed by atoms with Crippen LogP contribution in [0, 0.1) is 0 Å². The van der Waals surface area contributed by atoms with Crippen molar-refractivity contribution in [2.75, 3.05) is 5.75 Å². The number of ketones is 1. The first kappa shape index (κ1) is 12.2. The summed E-state index contributed by atoms with van der Waals surface area (Å²) >= 11 is 1.04. The smallest absolute Gasteiger partial charge is 0.207 e. The molecule has 0 saturated heterocycles. The second-order valence-electron chi connectivity index (χ2n) is 2.46. The molecule has 0 aromatic rings. The van der Waals surface area contributed by atoms with Gasteiger partial charge in [0.15, 0.2) is 10.9 Å². The highest BCUT2D eigenvalue weighted by molar-refractivity contribution is 8.13. The number of hydrogen-bond acceptors (Lipinski definition) is 4. The first-order valence-electron chi connectivity index (χ1n) is 3.97. The van der Waals surface area contributed by atoms with Crippen LogP contribution in [-0.4, -0.2) is 29.1 Å². The van der Waals surface area contributed by atoms with E-state index in [4.69, 9.17) is 0 Å². The van der Waals surface area contributed by atoms with Crippen LogP contribution in [0.2, 0.25) is 0 Å². The lowest BCUT2D eigenvalue weighted by Gasteiger charge is -2.11. The summed E-state index contributed by atoms with van der Waals surface area (Å²) in [5.41, 5.74) is 0. The zero-order valence-corrected chi connectivity index (χ0v) is 8.52. The van der Waals surface area contributed by atoms with Gasteiger partial charge >= 0.3 is 0 Å². The Labute approximate surface area is 81.5 Å². The number of amides is 1. The van der Waals surface area contributed by atoms with E-state index in [2.05, 4.69) is 5.32 Å². The molecule has 74 valence electrons. The molecule has 0 aromatic carbocycles. The van der Waals surface area contributed by atoms with Crippen LogP contribution in [0.25, 0.3) is 0 Å². The van der Waals surface area contributed by atoms with Crippen molar-refractivity contribution in [1.82, 2.24) is 5.32 Å². The quantitative estimate of drug-likeness (QED) is 0.633. The molecular formula is C8H13NO3S. The van der Waals surface area contributed by atoms with Crippen molar-refractivity contribution >= 4 is 29.1 Å². The maximum absolute atomic E-state index is 11.2. The van der Waals surface area contributed by atoms with Gasteiger partial charge in [0, 0.05) is 19.1 Å². The van der Waals surface area contributed by atoms with E-state index >= 15 is 0 Å². The Hall–Kier alpha value is -0.840. The van der Waals surface area contributed by atoms with Crippen molar-refractivity contribution in [2.24, 2.45) is 0 Å². The van der Waals surface area contributed by atoms with Gasteiger partial charge in [0.2, 0.25) is 6.41 Å². The van der Waals surface area contributed by atoms with E-state index in [1.807, 2.05) is 0 Å². The number of nitrogens with one attached hydrogen (secondary N) is 1. The average Bonchev–Trinajstić information content (AvgIpc) is 2.10. The third-order valence-electron chi connectivity index (χ3n) is 1.46. The topological polar surface area (TPSA) is 63.2 Å². The fraction of sp³-hybridized carbons (Fsp3) is 0.625. The first-order chi connectivity index (χ1) is 6.11. The molecule has 0 fully saturated rings. The molecule has 1 N–H and O–H groups in total. The molecule has 13 heavy (non-hydrogen) atoms. The van der Waals surface area contributed by atoms with Crippen LogP contribution in [0.4, 0.5) is 0 Å². The number of thioether (sulfide) groups is 1. The Kier molecular flexibility index (Phi) is 6.22. The van der Waals surface area contributed by atoms with E-state index in [0.29, 0.717) is 18.6 Å². The molecule has 0 aromatic heterocycles. The molecule has 1 atom stereocenters. The summed E-state index contributed by atoms with van der Waals surface area (Å²) in [4.78, 5) is 31.9. The second-order valence-corrected chi connectivity index (χ2v) is 3.66. The Morgan fingerprint density at radius 1 is 1.54 bits per heavy atom. The van der Waals surface area contributed by atoms with Gasteiger partial charge in [-0.1, -0.05) is 18.7 Å². The van der Waals surface area contributed by atoms with E-state index in [-0.39, 0.29) is 10.9 Å². The van der Waals surface area contributed by atoms with Crippen molar-refractivity contribution in [3.63, 3.8) is 0 Å². The van der Waals surface area contributed by atoms with Gasteiger partial charge in [-0.2, -0.15) is 0 Å². The Bertz CT molecular complexity index is 206. The van der Waals surface area contributed by atoms with Gasteiger partial charge in [-0.05, 0) is 0 Å². The number of carbonyl (C=O) groups excluding carboxylic acids is 3. The van der Waals surface area contributed by atoms with E-state index in [1.165, 1.54) is 6.92 Å². The predicted molar refractivity (Wildman–Crippen MR) is 51.4 cm³/mol. The summed E-state index contributed by atoms with van der Waals surface area (Å²) in [6.45, 7) is 3.15. The summed E-state index contributed by atoms with van der Waals surface area (Å²) in [5.74, 6) is 0.265. The molecule has 0 aliphatic heterocycles. The SMILES string of the molecule is CCC(=O)C(CSC(C)=O)NC=O. The van der Waals surface area contributed by atoms with Gasteiger partial charge in [-0.15, -0.1) is 0 Å². The minimum Gasteiger partial charge on any atom is -0.348 e. The highest BCUT2D eigenvalue weighted by Gasteiger charge is 2.15. The largest absolute Gasteiger partial charge is 0.348 e. The van der Waals surface area contributed by atoms with Crippen LogP contribution in [-0.2, 0) is 14.4 Å². The number of hydrogen-bond donors (Lipinski definition) is 1. The summed E-state index contributed by atoms with van der Waals surface area (Å²) in [5, 5.41) is 2.33. The van der Waals surface area contributed by atoms with Crippen molar-refractivity contribution in [3.05, 3.63) is 0 Å². The average molecular weight is 203 g/mol. The summed E-state index contributed by atoms with van der Waals surface area (Å²) in [7, 11) is 0. The molecule has 1 amide bonds. The minimum atomic E-state index is -0.531. The number of carbonyl (C=O) groups is 3. The molecule has 0 spiro atoms. The van der Waals surface area contributed by atoms with Crippen molar-refractivity contribution < 1.29 is 14.4 Å². The van der Waals surface area contributed by atoms with E-state index < -0.39 is 6.04 Å². The monoisotopic (exact) mass is 203 g/mol. The van der Waals surface area contributed by atoms with Gasteiger partial charge in [0.1, 0.15) is 0 Å². The molecule has 0 rings (SSSR count). The lowest BCUT2D eigenvalue weighted by molar-refractivity contribution is -0.122. The van der Waals surface area contributed by atoms with Crippen LogP contribution in [0.3, 0.4) is 0 Å². The van der Waals surface area contributed by atoms with Gasteiger partial charge < -0.3 is 5.32 Å². The lowest BCUT2D eigenvalue weighted by atomic mass is 10.2. The van der Waals surface area contributed by atoms with E-state index in [1.54, 1.807) is 6.92 Å². The fourth-order valence-corrected chi connectivity index (χ4v) is 1.45. The molecule has 0 aliphatic carbocycles. The van der Waals surface area contributed by atoms with Crippen LogP contribution in [0.1, 0.15) is 20.3 Å². The van der Waals surface area contributed by atoms with Crippen molar-refractivity contribution in [3.8, 4) is 0 Å². The third-order valence-corrected chi connectivity index (χ3v) is 2.37. The molecule has 0 aliphatic rings. The minimum absolute atomic E-state index is 0.0541. The highest BCUT2D eigenvalue weighted by atomic mass is 32.2. The summed E-state index contributed by atoms with van der Waals surface area (Å²) in [6.07, 6.45) is 0.850. The van der Waals surface area contributed by atoms with Crippen LogP contribution < -0.4 is 5.32 Å². The van der Waals surface area contributed by atoms with Crippen LogP contribution >= 0.6 is 11.8 Å². The van der Waals surface area contributed by atoms with E-state index in [9.17, 15) is 14.4 Å². The molecule has 0 saturated carbocycles. The molecule has 0 heterocycles. The van der Waals surface area contributed by atoms with Crippen molar-refractivity contribution in [2.45, 2.75) is 26.3 Å². The number of rotatable bonds is 6. The normalized spacial score (nSPS) is 11.8. The molecule has 0 bridgehead atoms. The van der Waals surface area contributed by atoms with E-state index in [0.717, 1.165) is 11.8 Å². The molecule has 1 unspecified atom stereocenters. The molecular weight excluding hydrogens is 190 g/mol. The number of Topliss-reactive ketones (excluding diaryl/α,β-unsaturated/α-hetero) is 1. The van der Waals surface area contributed by atoms with Crippen LogP contribution in [0.5, 0.6) is 0 Å². The standard InChI is InChI=1S/C8H13NO3S/c1-3-8(12)7(9-5-10)4-13-6(2)11/h5,7H,3-4H2,1-2H3,(H,9,10). The van der Waals surface area contributed by atoms with Crippen molar-refractivity contribution in [1.29, 1.82) is 0 Å². The van der Waals surface area contributed by atoms with Crippen LogP contribution in [0.15, 0.2) is 0 Å². The Morgan fingerprint density at radius 2 is 2.15 bits per heavy atom. The lowest BCUT2D eigenvalue weighted by Crippen LogP contribution is -2.37. The maximum Gasteiger partial charge on any atom is 0.207 e. The Morgan fingerprint density at radius 3 is 2.54 bits per heavy atom. The van der Waals surface area contributed by atoms with Gasteiger partial charge in [0.25, 0.3) is 0 Å². The molecule has 0 radical (unpaired) electrons. The highest BCUT2D eigenvalue weighted by Crippen LogP contribution is 2.05. The zero-order chi connectivity index (χ0) is 10.3. The summed E-state index contributed by atoms with van der Waals surface area (Å²) in [6, 6.07) is -0.531. The second kappa shape index (κ2) is 6.65. The van der Waals surface area contributed by atoms with Gasteiger partial charge in [-0.3, -0.25) is 14.4 Å². The summed E-state index contributed by atoms with van der Waals surface area (Å²) < 4.78 is 0. The molecule has 4 nitrogen and oxygen atoms in total. The maximum atomic E-state index is 11.2. The van der Waals surface area contributed by atoms with Gasteiger partial charge in [0.05, 0.1) is 6.04 Å². The molecule has 5 heteroatoms. The van der Waals surface area contributed by atoms with Gasteiger partial charge in [-0.25, -0.2) is 0 Å².